The number of fused-ring (bicyclic) bond motifs is 3. The van der Waals surface area contributed by atoms with Crippen LogP contribution in [0.1, 0.15) is 22.4 Å². The SMILES string of the molecule is Cc1ccc(Sc2c(C)ccc3c4c([nH]c23)CCNC4)cc1.Cl. The Kier molecular flexibility index (Phi) is 4.72. The molecule has 1 aromatic heterocycles. The molecular weight excluding hydrogens is 324 g/mol. The van der Waals surface area contributed by atoms with E-state index in [0.29, 0.717) is 0 Å². The quantitative estimate of drug-likeness (QED) is 0.684. The van der Waals surface area contributed by atoms with Gasteiger partial charge in [0, 0.05) is 40.4 Å². The Morgan fingerprint density at radius 1 is 1.00 bits per heavy atom. The van der Waals surface area contributed by atoms with Gasteiger partial charge in [0.25, 0.3) is 0 Å². The molecule has 2 nitrogen and oxygen atoms in total. The maximum absolute atomic E-state index is 3.70. The molecule has 120 valence electrons. The highest BCUT2D eigenvalue weighted by Crippen LogP contribution is 2.38. The Morgan fingerprint density at radius 2 is 1.78 bits per heavy atom. The summed E-state index contributed by atoms with van der Waals surface area (Å²) in [5.74, 6) is 0. The van der Waals surface area contributed by atoms with Crippen molar-refractivity contribution in [1.29, 1.82) is 0 Å². The van der Waals surface area contributed by atoms with Crippen LogP contribution >= 0.6 is 24.2 Å². The molecule has 0 radical (unpaired) electrons. The predicted octanol–water partition coefficient (Wildman–Crippen LogP) is 5.00. The van der Waals surface area contributed by atoms with Crippen LogP contribution in [0.3, 0.4) is 0 Å². The van der Waals surface area contributed by atoms with E-state index in [1.165, 1.54) is 43.1 Å². The van der Waals surface area contributed by atoms with Crippen molar-refractivity contribution >= 4 is 35.1 Å². The lowest BCUT2D eigenvalue weighted by Gasteiger charge is -2.12. The van der Waals surface area contributed by atoms with Gasteiger partial charge in [-0.2, -0.15) is 0 Å². The summed E-state index contributed by atoms with van der Waals surface area (Å²) in [7, 11) is 0. The molecule has 0 fully saturated rings. The topological polar surface area (TPSA) is 27.8 Å². The van der Waals surface area contributed by atoms with E-state index in [2.05, 4.69) is 60.5 Å². The van der Waals surface area contributed by atoms with Gasteiger partial charge in [0.2, 0.25) is 0 Å². The summed E-state index contributed by atoms with van der Waals surface area (Å²) in [6, 6.07) is 13.3. The fourth-order valence-electron chi connectivity index (χ4n) is 3.15. The van der Waals surface area contributed by atoms with Gasteiger partial charge in [-0.05, 0) is 37.1 Å². The second kappa shape index (κ2) is 6.60. The zero-order valence-corrected chi connectivity index (χ0v) is 15.0. The third-order valence-electron chi connectivity index (χ3n) is 4.41. The molecule has 23 heavy (non-hydrogen) atoms. The summed E-state index contributed by atoms with van der Waals surface area (Å²) in [6.07, 6.45) is 1.09. The molecule has 2 heterocycles. The van der Waals surface area contributed by atoms with Gasteiger partial charge in [-0.15, -0.1) is 12.4 Å². The van der Waals surface area contributed by atoms with Crippen LogP contribution in [0.25, 0.3) is 10.9 Å². The lowest BCUT2D eigenvalue weighted by Crippen LogP contribution is -2.22. The van der Waals surface area contributed by atoms with Crippen molar-refractivity contribution in [2.45, 2.75) is 36.6 Å². The molecule has 3 aromatic rings. The van der Waals surface area contributed by atoms with Crippen LogP contribution in [0.15, 0.2) is 46.2 Å². The second-order valence-corrected chi connectivity index (χ2v) is 7.14. The van der Waals surface area contributed by atoms with Gasteiger partial charge in [0.05, 0.1) is 5.52 Å². The number of hydrogen-bond donors (Lipinski definition) is 2. The second-order valence-electron chi connectivity index (χ2n) is 6.06. The molecular formula is C19H21ClN2S. The van der Waals surface area contributed by atoms with E-state index in [-0.39, 0.29) is 12.4 Å². The Labute approximate surface area is 147 Å². The summed E-state index contributed by atoms with van der Waals surface area (Å²) in [6.45, 7) is 6.38. The molecule has 0 amide bonds. The first-order chi connectivity index (χ1) is 10.7. The van der Waals surface area contributed by atoms with Crippen LogP contribution in [-0.2, 0) is 13.0 Å². The number of H-pyrrole nitrogens is 1. The Morgan fingerprint density at radius 3 is 2.57 bits per heavy atom. The highest BCUT2D eigenvalue weighted by molar-refractivity contribution is 7.99. The van der Waals surface area contributed by atoms with Gasteiger partial charge in [-0.3, -0.25) is 0 Å². The van der Waals surface area contributed by atoms with Crippen LogP contribution in [-0.4, -0.2) is 11.5 Å². The summed E-state index contributed by atoms with van der Waals surface area (Å²) < 4.78 is 0. The predicted molar refractivity (Wildman–Crippen MR) is 101 cm³/mol. The maximum Gasteiger partial charge on any atom is 0.0603 e. The Hall–Kier alpha value is -1.42. The molecule has 0 saturated carbocycles. The summed E-state index contributed by atoms with van der Waals surface area (Å²) in [5, 5.41) is 4.86. The number of hydrogen-bond acceptors (Lipinski definition) is 2. The highest BCUT2D eigenvalue weighted by Gasteiger charge is 2.18. The third kappa shape index (κ3) is 3.01. The van der Waals surface area contributed by atoms with Crippen molar-refractivity contribution in [3.63, 3.8) is 0 Å². The van der Waals surface area contributed by atoms with E-state index >= 15 is 0 Å². The zero-order valence-electron chi connectivity index (χ0n) is 13.4. The average molecular weight is 345 g/mol. The summed E-state index contributed by atoms with van der Waals surface area (Å²) in [4.78, 5) is 6.35. The van der Waals surface area contributed by atoms with Crippen molar-refractivity contribution in [2.75, 3.05) is 6.54 Å². The van der Waals surface area contributed by atoms with Crippen molar-refractivity contribution in [3.05, 3.63) is 58.8 Å². The standard InChI is InChI=1S/C19H20N2S.ClH/c1-12-3-6-14(7-4-12)22-19-13(2)5-8-15-16-11-20-10-9-17(16)21-18(15)19;/h3-8,20-21H,9-11H2,1-2H3;1H. The molecule has 1 aliphatic rings. The summed E-state index contributed by atoms with van der Waals surface area (Å²) in [5.41, 5.74) is 6.81. The fraction of sp³-hybridized carbons (Fsp3) is 0.263. The van der Waals surface area contributed by atoms with Crippen molar-refractivity contribution < 1.29 is 0 Å². The minimum atomic E-state index is 0. The molecule has 0 bridgehead atoms. The molecule has 0 aliphatic carbocycles. The van der Waals surface area contributed by atoms with E-state index < -0.39 is 0 Å². The Balaban J connectivity index is 0.00000156. The van der Waals surface area contributed by atoms with Gasteiger partial charge in [-0.1, -0.05) is 41.6 Å². The zero-order chi connectivity index (χ0) is 15.1. The van der Waals surface area contributed by atoms with Crippen molar-refractivity contribution in [2.24, 2.45) is 0 Å². The minimum Gasteiger partial charge on any atom is -0.357 e. The van der Waals surface area contributed by atoms with E-state index in [1.54, 1.807) is 0 Å². The Bertz CT molecular complexity index is 837. The first-order valence-corrected chi connectivity index (χ1v) is 8.62. The number of nitrogens with one attached hydrogen (secondary N) is 2. The van der Waals surface area contributed by atoms with Crippen LogP contribution in [0.2, 0.25) is 0 Å². The first kappa shape index (κ1) is 16.4. The molecule has 2 aromatic carbocycles. The van der Waals surface area contributed by atoms with Crippen LogP contribution < -0.4 is 5.32 Å². The first-order valence-electron chi connectivity index (χ1n) is 7.80. The smallest absolute Gasteiger partial charge is 0.0603 e. The summed E-state index contributed by atoms with van der Waals surface area (Å²) >= 11 is 1.86. The molecule has 0 spiro atoms. The van der Waals surface area contributed by atoms with Crippen molar-refractivity contribution in [3.8, 4) is 0 Å². The van der Waals surface area contributed by atoms with Crippen LogP contribution in [0.4, 0.5) is 0 Å². The van der Waals surface area contributed by atoms with E-state index in [4.69, 9.17) is 0 Å². The number of rotatable bonds is 2. The number of halogens is 1. The number of benzene rings is 2. The van der Waals surface area contributed by atoms with Gasteiger partial charge in [-0.25, -0.2) is 0 Å². The van der Waals surface area contributed by atoms with E-state index in [1.807, 2.05) is 11.8 Å². The number of aromatic amines is 1. The normalized spacial score (nSPS) is 13.7. The molecule has 0 atom stereocenters. The van der Waals surface area contributed by atoms with Crippen LogP contribution in [0.5, 0.6) is 0 Å². The highest BCUT2D eigenvalue weighted by atomic mass is 35.5. The third-order valence-corrected chi connectivity index (χ3v) is 5.65. The lowest BCUT2D eigenvalue weighted by molar-refractivity contribution is 0.641. The molecule has 4 rings (SSSR count). The van der Waals surface area contributed by atoms with Gasteiger partial charge < -0.3 is 10.3 Å². The molecule has 0 saturated heterocycles. The van der Waals surface area contributed by atoms with Gasteiger partial charge in [0.15, 0.2) is 0 Å². The fourth-order valence-corrected chi connectivity index (χ4v) is 4.15. The number of aromatic nitrogens is 1. The molecule has 1 aliphatic heterocycles. The lowest BCUT2D eigenvalue weighted by atomic mass is 10.1. The number of aryl methyl sites for hydroxylation is 2. The largest absolute Gasteiger partial charge is 0.357 e. The molecule has 0 unspecified atom stereocenters. The van der Waals surface area contributed by atoms with Gasteiger partial charge >= 0.3 is 0 Å². The van der Waals surface area contributed by atoms with E-state index in [0.717, 1.165) is 19.5 Å². The monoisotopic (exact) mass is 344 g/mol. The molecule has 4 heteroatoms. The maximum atomic E-state index is 3.70. The minimum absolute atomic E-state index is 0. The van der Waals surface area contributed by atoms with E-state index in [9.17, 15) is 0 Å². The van der Waals surface area contributed by atoms with Crippen molar-refractivity contribution in [1.82, 2.24) is 10.3 Å². The average Bonchev–Trinajstić information content (AvgIpc) is 2.91. The molecule has 2 N–H and O–H groups in total. The van der Waals surface area contributed by atoms with Crippen LogP contribution in [0, 0.1) is 13.8 Å². The van der Waals surface area contributed by atoms with Gasteiger partial charge in [0.1, 0.15) is 0 Å².